The van der Waals surface area contributed by atoms with Gasteiger partial charge in [-0.1, -0.05) is 12.5 Å². The van der Waals surface area contributed by atoms with Crippen molar-refractivity contribution in [1.29, 1.82) is 0 Å². The van der Waals surface area contributed by atoms with Crippen molar-refractivity contribution >= 4 is 28.8 Å². The molecular formula is C28H32FN3O6. The van der Waals surface area contributed by atoms with Crippen LogP contribution in [-0.4, -0.2) is 52.1 Å². The zero-order valence-electron chi connectivity index (χ0n) is 21.7. The minimum Gasteiger partial charge on any atom is -0.494 e. The van der Waals surface area contributed by atoms with Gasteiger partial charge in [-0.3, -0.25) is 9.69 Å². The van der Waals surface area contributed by atoms with Gasteiger partial charge in [0.1, 0.15) is 11.9 Å². The average molecular weight is 526 g/mol. The lowest BCUT2D eigenvalue weighted by molar-refractivity contribution is -0.143. The number of anilines is 1. The van der Waals surface area contributed by atoms with Crippen molar-refractivity contribution in [3.63, 3.8) is 0 Å². The number of aliphatic carboxylic acids is 1. The Labute approximate surface area is 219 Å². The third-order valence-electron chi connectivity index (χ3n) is 7.95. The first kappa shape index (κ1) is 26.0. The standard InChI is InChI=1S/C28H32FN3O6/c1-15-7-9-19-21(31(15)28(36)38-3)10-11-22-24(19)30-26(25(33)16-8-12-23(37-2)20(29)14-16)32(22)18-6-4-5-17(13-18)27(34)35/h8,10-12,14-15,17-18,25,33H,4-7,9,13H2,1-3H3,(H,34,35)/t15-,17+,18+,25+/m0/s1. The number of fused-ring (bicyclic) bond motifs is 3. The fraction of sp³-hybridized carbons (Fsp3) is 0.464. The van der Waals surface area contributed by atoms with Crippen LogP contribution in [0.4, 0.5) is 14.9 Å². The molecule has 10 heteroatoms. The van der Waals surface area contributed by atoms with Crippen LogP contribution < -0.4 is 9.64 Å². The summed E-state index contributed by atoms with van der Waals surface area (Å²) in [6.07, 6.45) is 2.13. The van der Waals surface area contributed by atoms with Gasteiger partial charge in [0, 0.05) is 17.6 Å². The number of carboxylic acids is 1. The van der Waals surface area contributed by atoms with E-state index < -0.39 is 29.9 Å². The first-order valence-corrected chi connectivity index (χ1v) is 12.9. The SMILES string of the molecule is COC(=O)N1c2ccc3c(nc([C@H](O)c4ccc(OC)c(F)c4)n3[C@@H]3CCC[C@@H](C(=O)O)C3)c2CC[C@@H]1C. The molecule has 4 atom stereocenters. The predicted molar refractivity (Wildman–Crippen MR) is 138 cm³/mol. The van der Waals surface area contributed by atoms with Crippen molar-refractivity contribution in [2.24, 2.45) is 5.92 Å². The molecule has 2 N–H and O–H groups in total. The van der Waals surface area contributed by atoms with Gasteiger partial charge in [-0.05, 0) is 68.9 Å². The van der Waals surface area contributed by atoms with Crippen LogP contribution in [0.25, 0.3) is 11.0 Å². The number of benzene rings is 2. The molecule has 38 heavy (non-hydrogen) atoms. The average Bonchev–Trinajstić information content (AvgIpc) is 3.32. The molecule has 0 radical (unpaired) electrons. The molecule has 2 aromatic carbocycles. The minimum atomic E-state index is -1.26. The Kier molecular flexibility index (Phi) is 7.00. The number of methoxy groups -OCH3 is 2. The highest BCUT2D eigenvalue weighted by Crippen LogP contribution is 2.42. The molecule has 5 rings (SSSR count). The number of hydrogen-bond donors (Lipinski definition) is 2. The quantitative estimate of drug-likeness (QED) is 0.482. The molecule has 1 aliphatic heterocycles. The molecule has 202 valence electrons. The maximum atomic E-state index is 14.6. The molecule has 0 unspecified atom stereocenters. The molecule has 1 aliphatic carbocycles. The van der Waals surface area contributed by atoms with Crippen molar-refractivity contribution in [2.75, 3.05) is 19.1 Å². The van der Waals surface area contributed by atoms with Crippen molar-refractivity contribution < 1.29 is 33.7 Å². The lowest BCUT2D eigenvalue weighted by Crippen LogP contribution is -2.42. The highest BCUT2D eigenvalue weighted by molar-refractivity contribution is 5.95. The van der Waals surface area contributed by atoms with E-state index in [-0.39, 0.29) is 17.8 Å². The summed E-state index contributed by atoms with van der Waals surface area (Å²) in [4.78, 5) is 31.0. The highest BCUT2D eigenvalue weighted by Gasteiger charge is 2.35. The Bertz CT molecular complexity index is 1390. The third-order valence-corrected chi connectivity index (χ3v) is 7.95. The summed E-state index contributed by atoms with van der Waals surface area (Å²) in [6, 6.07) is 7.74. The van der Waals surface area contributed by atoms with E-state index in [0.717, 1.165) is 23.9 Å². The van der Waals surface area contributed by atoms with Crippen LogP contribution >= 0.6 is 0 Å². The zero-order chi connectivity index (χ0) is 27.1. The normalized spacial score (nSPS) is 22.1. The summed E-state index contributed by atoms with van der Waals surface area (Å²) in [7, 11) is 2.72. The van der Waals surface area contributed by atoms with Crippen LogP contribution in [0.5, 0.6) is 5.75 Å². The van der Waals surface area contributed by atoms with Crippen molar-refractivity contribution in [1.82, 2.24) is 9.55 Å². The number of carbonyl (C=O) groups excluding carboxylic acids is 1. The van der Waals surface area contributed by atoms with Gasteiger partial charge in [-0.2, -0.15) is 0 Å². The van der Waals surface area contributed by atoms with Gasteiger partial charge in [0.2, 0.25) is 0 Å². The van der Waals surface area contributed by atoms with Crippen molar-refractivity contribution in [2.45, 2.75) is 63.6 Å². The van der Waals surface area contributed by atoms with E-state index in [4.69, 9.17) is 14.5 Å². The maximum absolute atomic E-state index is 14.6. The fourth-order valence-corrected chi connectivity index (χ4v) is 5.99. The lowest BCUT2D eigenvalue weighted by Gasteiger charge is -2.34. The Hall–Kier alpha value is -3.66. The van der Waals surface area contributed by atoms with Gasteiger partial charge in [-0.25, -0.2) is 14.2 Å². The first-order valence-electron chi connectivity index (χ1n) is 12.9. The Morgan fingerprint density at radius 2 is 1.95 bits per heavy atom. The van der Waals surface area contributed by atoms with Crippen molar-refractivity contribution in [3.8, 4) is 5.75 Å². The molecule has 9 nitrogen and oxygen atoms in total. The summed E-state index contributed by atoms with van der Waals surface area (Å²) in [5, 5.41) is 21.2. The van der Waals surface area contributed by atoms with E-state index in [1.165, 1.54) is 26.4 Å². The topological polar surface area (TPSA) is 114 Å². The van der Waals surface area contributed by atoms with E-state index in [2.05, 4.69) is 0 Å². The minimum absolute atomic E-state index is 0.0588. The Balaban J connectivity index is 1.69. The first-order chi connectivity index (χ1) is 18.2. The van der Waals surface area contributed by atoms with Crippen LogP contribution in [0.15, 0.2) is 30.3 Å². The van der Waals surface area contributed by atoms with Gasteiger partial charge in [-0.15, -0.1) is 0 Å². The fourth-order valence-electron chi connectivity index (χ4n) is 5.99. The van der Waals surface area contributed by atoms with Gasteiger partial charge < -0.3 is 24.3 Å². The number of hydrogen-bond acceptors (Lipinski definition) is 6. The number of nitrogens with zero attached hydrogens (tertiary/aromatic N) is 3. The number of aliphatic hydroxyl groups is 1. The largest absolute Gasteiger partial charge is 0.494 e. The predicted octanol–water partition coefficient (Wildman–Crippen LogP) is 4.99. The molecule has 1 aromatic heterocycles. The number of amides is 1. The van der Waals surface area contributed by atoms with Crippen LogP contribution in [0.1, 0.15) is 68.1 Å². The number of aliphatic hydroxyl groups excluding tert-OH is 1. The molecule has 3 aromatic rings. The van der Waals surface area contributed by atoms with Crippen LogP contribution in [0.2, 0.25) is 0 Å². The Morgan fingerprint density at radius 3 is 2.63 bits per heavy atom. The highest BCUT2D eigenvalue weighted by atomic mass is 19.1. The number of carbonyl (C=O) groups is 2. The molecule has 1 saturated carbocycles. The molecule has 0 saturated heterocycles. The number of aryl methyl sites for hydroxylation is 1. The van der Waals surface area contributed by atoms with Gasteiger partial charge in [0.05, 0.1) is 36.9 Å². The number of halogens is 1. The van der Waals surface area contributed by atoms with Gasteiger partial charge >= 0.3 is 12.1 Å². The maximum Gasteiger partial charge on any atom is 0.414 e. The number of aromatic nitrogens is 2. The lowest BCUT2D eigenvalue weighted by atomic mass is 9.85. The van der Waals surface area contributed by atoms with E-state index in [1.54, 1.807) is 11.0 Å². The summed E-state index contributed by atoms with van der Waals surface area (Å²) < 4.78 is 26.5. The van der Waals surface area contributed by atoms with Gasteiger partial charge in [0.25, 0.3) is 0 Å². The summed E-state index contributed by atoms with van der Waals surface area (Å²) in [5.74, 6) is -1.55. The van der Waals surface area contributed by atoms with Crippen LogP contribution in [0.3, 0.4) is 0 Å². The Morgan fingerprint density at radius 1 is 1.16 bits per heavy atom. The monoisotopic (exact) mass is 525 g/mol. The van der Waals surface area contributed by atoms with Crippen molar-refractivity contribution in [3.05, 3.63) is 53.1 Å². The molecule has 2 aliphatic rings. The second-order valence-corrected chi connectivity index (χ2v) is 10.2. The number of ether oxygens (including phenoxy) is 2. The smallest absolute Gasteiger partial charge is 0.414 e. The van der Waals surface area contributed by atoms with Crippen LogP contribution in [-0.2, 0) is 16.0 Å². The molecular weight excluding hydrogens is 493 g/mol. The summed E-state index contributed by atoms with van der Waals surface area (Å²) in [6.45, 7) is 1.96. The molecule has 2 heterocycles. The molecule has 0 bridgehead atoms. The molecule has 1 amide bonds. The summed E-state index contributed by atoms with van der Waals surface area (Å²) >= 11 is 0. The van der Waals surface area contributed by atoms with E-state index >= 15 is 0 Å². The zero-order valence-corrected chi connectivity index (χ0v) is 21.7. The van der Waals surface area contributed by atoms with E-state index in [1.807, 2.05) is 23.6 Å². The second kappa shape index (κ2) is 10.2. The molecule has 0 spiro atoms. The van der Waals surface area contributed by atoms with Gasteiger partial charge in [0.15, 0.2) is 11.6 Å². The van der Waals surface area contributed by atoms with E-state index in [0.29, 0.717) is 48.3 Å². The van der Waals surface area contributed by atoms with Crippen LogP contribution in [0, 0.1) is 11.7 Å². The third kappa shape index (κ3) is 4.36. The number of rotatable bonds is 5. The second-order valence-electron chi connectivity index (χ2n) is 10.2. The number of imidazole rings is 1. The summed E-state index contributed by atoms with van der Waals surface area (Å²) in [5.41, 5.74) is 3.27. The molecule has 1 fully saturated rings. The number of carboxylic acid groups (broad SMARTS) is 1. The van der Waals surface area contributed by atoms with E-state index in [9.17, 15) is 24.2 Å².